The van der Waals surface area contributed by atoms with Crippen LogP contribution >= 0.6 is 11.3 Å². The summed E-state index contributed by atoms with van der Waals surface area (Å²) >= 11 is 1.73. The van der Waals surface area contributed by atoms with E-state index in [9.17, 15) is 4.79 Å². The third kappa shape index (κ3) is 2.30. The van der Waals surface area contributed by atoms with Crippen molar-refractivity contribution in [1.29, 1.82) is 0 Å². The van der Waals surface area contributed by atoms with E-state index in [4.69, 9.17) is 0 Å². The minimum Gasteiger partial charge on any atom is -0.346 e. The smallest absolute Gasteiger partial charge is 0.227 e. The lowest BCUT2D eigenvalue weighted by molar-refractivity contribution is -0.133. The lowest BCUT2D eigenvalue weighted by Crippen LogP contribution is -2.35. The van der Waals surface area contributed by atoms with Crippen LogP contribution in [-0.2, 0) is 4.79 Å². The van der Waals surface area contributed by atoms with Gasteiger partial charge in [0.1, 0.15) is 5.01 Å². The van der Waals surface area contributed by atoms with Crippen molar-refractivity contribution in [2.75, 3.05) is 31.1 Å². The van der Waals surface area contributed by atoms with Gasteiger partial charge in [0.15, 0.2) is 0 Å². The Kier molecular flexibility index (Phi) is 3.13. The van der Waals surface area contributed by atoms with Gasteiger partial charge in [-0.05, 0) is 32.1 Å². The zero-order valence-corrected chi connectivity index (χ0v) is 12.4. The maximum absolute atomic E-state index is 12.4. The summed E-state index contributed by atoms with van der Waals surface area (Å²) in [6.07, 6.45) is 5.84. The van der Waals surface area contributed by atoms with Crippen molar-refractivity contribution >= 4 is 22.4 Å². The van der Waals surface area contributed by atoms with Crippen LogP contribution < -0.4 is 4.90 Å². The molecule has 0 spiro atoms. The Hall–Kier alpha value is -1.17. The number of carbonyl (C=O) groups is 1. The van der Waals surface area contributed by atoms with Crippen LogP contribution in [0.25, 0.3) is 0 Å². The number of hydrogen-bond acceptors (Lipinski definition) is 5. The Morgan fingerprint density at radius 1 is 1.10 bits per heavy atom. The summed E-state index contributed by atoms with van der Waals surface area (Å²) in [5, 5.41) is 10.8. The zero-order chi connectivity index (χ0) is 13.5. The molecule has 1 aromatic rings. The van der Waals surface area contributed by atoms with E-state index < -0.39 is 0 Å². The maximum Gasteiger partial charge on any atom is 0.227 e. The van der Waals surface area contributed by atoms with Crippen molar-refractivity contribution < 1.29 is 4.79 Å². The predicted molar refractivity (Wildman–Crippen MR) is 78.0 cm³/mol. The lowest BCUT2D eigenvalue weighted by Gasteiger charge is -2.20. The van der Waals surface area contributed by atoms with Crippen molar-refractivity contribution in [1.82, 2.24) is 15.1 Å². The van der Waals surface area contributed by atoms with Crippen LogP contribution in [0.3, 0.4) is 0 Å². The number of anilines is 1. The summed E-state index contributed by atoms with van der Waals surface area (Å²) in [6.45, 7) is 3.69. The Labute approximate surface area is 123 Å². The van der Waals surface area contributed by atoms with Crippen LogP contribution in [0, 0.1) is 5.92 Å². The second kappa shape index (κ2) is 4.98. The molecule has 1 aliphatic carbocycles. The quantitative estimate of drug-likeness (QED) is 0.853. The summed E-state index contributed by atoms with van der Waals surface area (Å²) < 4.78 is 0. The van der Waals surface area contributed by atoms with E-state index >= 15 is 0 Å². The molecular weight excluding hydrogens is 272 g/mol. The molecule has 0 aromatic carbocycles. The number of hydrogen-bond donors (Lipinski definition) is 0. The average molecular weight is 292 g/mol. The fourth-order valence-corrected chi connectivity index (χ4v) is 4.23. The monoisotopic (exact) mass is 292 g/mol. The van der Waals surface area contributed by atoms with Crippen LogP contribution in [0.5, 0.6) is 0 Å². The molecule has 5 nitrogen and oxygen atoms in total. The lowest BCUT2D eigenvalue weighted by atomic mass is 10.1. The van der Waals surface area contributed by atoms with Gasteiger partial charge in [-0.3, -0.25) is 4.79 Å². The molecule has 6 heteroatoms. The molecule has 3 aliphatic rings. The fourth-order valence-electron chi connectivity index (χ4n) is 3.18. The van der Waals surface area contributed by atoms with E-state index in [1.807, 2.05) is 4.90 Å². The van der Waals surface area contributed by atoms with Gasteiger partial charge >= 0.3 is 0 Å². The van der Waals surface area contributed by atoms with Gasteiger partial charge < -0.3 is 9.80 Å². The minimum absolute atomic E-state index is 0.168. The van der Waals surface area contributed by atoms with Crippen LogP contribution in [-0.4, -0.2) is 47.2 Å². The summed E-state index contributed by atoms with van der Waals surface area (Å²) in [7, 11) is 0. The molecule has 1 unspecified atom stereocenters. The van der Waals surface area contributed by atoms with Crippen LogP contribution in [0.15, 0.2) is 0 Å². The van der Waals surface area contributed by atoms with Crippen molar-refractivity contribution in [2.24, 2.45) is 5.92 Å². The van der Waals surface area contributed by atoms with Gasteiger partial charge in [-0.15, -0.1) is 10.2 Å². The molecule has 4 rings (SSSR count). The fraction of sp³-hybridized carbons (Fsp3) is 0.786. The van der Waals surface area contributed by atoms with Crippen LogP contribution in [0.2, 0.25) is 0 Å². The van der Waals surface area contributed by atoms with E-state index in [2.05, 4.69) is 15.1 Å². The van der Waals surface area contributed by atoms with E-state index in [0.29, 0.717) is 11.8 Å². The van der Waals surface area contributed by atoms with Crippen LogP contribution in [0.4, 0.5) is 5.13 Å². The first kappa shape index (κ1) is 12.6. The Balaban J connectivity index is 1.40. The standard InChI is InChI=1S/C14H20N4OS/c19-13(17-6-1-2-7-17)11-5-8-18(9-11)14-16-15-12(20-14)10-3-4-10/h10-11H,1-9H2. The first-order valence-corrected chi connectivity index (χ1v) is 8.50. The third-order valence-electron chi connectivity index (χ3n) is 4.58. The highest BCUT2D eigenvalue weighted by molar-refractivity contribution is 7.15. The van der Waals surface area contributed by atoms with Gasteiger partial charge in [-0.2, -0.15) is 0 Å². The van der Waals surface area contributed by atoms with Crippen molar-refractivity contribution in [3.63, 3.8) is 0 Å². The van der Waals surface area contributed by atoms with Crippen molar-refractivity contribution in [2.45, 2.75) is 38.0 Å². The van der Waals surface area contributed by atoms with E-state index in [1.54, 1.807) is 11.3 Å². The molecule has 108 valence electrons. The molecule has 0 radical (unpaired) electrons. The van der Waals surface area contributed by atoms with Gasteiger partial charge in [0.25, 0.3) is 0 Å². The Morgan fingerprint density at radius 2 is 1.90 bits per heavy atom. The molecule has 20 heavy (non-hydrogen) atoms. The molecule has 1 saturated carbocycles. The molecule has 2 saturated heterocycles. The summed E-state index contributed by atoms with van der Waals surface area (Å²) in [6, 6.07) is 0. The highest BCUT2D eigenvalue weighted by atomic mass is 32.1. The minimum atomic E-state index is 0.168. The van der Waals surface area contributed by atoms with E-state index in [1.165, 1.54) is 30.7 Å². The number of likely N-dealkylation sites (tertiary alicyclic amines) is 1. The highest BCUT2D eigenvalue weighted by Gasteiger charge is 2.34. The first-order chi connectivity index (χ1) is 9.81. The second-order valence-corrected chi connectivity index (χ2v) is 7.15. The van der Waals surface area contributed by atoms with Crippen molar-refractivity contribution in [3.8, 4) is 0 Å². The number of amides is 1. The molecule has 2 aliphatic heterocycles. The Bertz CT molecular complexity index is 507. The largest absolute Gasteiger partial charge is 0.346 e. The molecule has 0 N–H and O–H groups in total. The Morgan fingerprint density at radius 3 is 2.65 bits per heavy atom. The average Bonchev–Trinajstić information content (AvgIpc) is 2.98. The van der Waals surface area contributed by atoms with Gasteiger partial charge in [-0.25, -0.2) is 0 Å². The topological polar surface area (TPSA) is 49.3 Å². The highest BCUT2D eigenvalue weighted by Crippen LogP contribution is 2.43. The molecule has 3 fully saturated rings. The number of rotatable bonds is 3. The SMILES string of the molecule is O=C(C1CCN(c2nnc(C3CC3)s2)C1)N1CCCC1. The number of nitrogens with zero attached hydrogens (tertiary/aromatic N) is 4. The number of aromatic nitrogens is 2. The molecule has 1 amide bonds. The van der Waals surface area contributed by atoms with Gasteiger partial charge in [0.05, 0.1) is 5.92 Å². The van der Waals surface area contributed by atoms with Gasteiger partial charge in [0.2, 0.25) is 11.0 Å². The summed E-state index contributed by atoms with van der Waals surface area (Å²) in [5.74, 6) is 1.20. The summed E-state index contributed by atoms with van der Waals surface area (Å²) in [4.78, 5) is 16.7. The molecular formula is C14H20N4OS. The van der Waals surface area contributed by atoms with Crippen molar-refractivity contribution in [3.05, 3.63) is 5.01 Å². The van der Waals surface area contributed by atoms with Gasteiger partial charge in [-0.1, -0.05) is 11.3 Å². The maximum atomic E-state index is 12.4. The van der Waals surface area contributed by atoms with E-state index in [-0.39, 0.29) is 5.92 Å². The second-order valence-electron chi connectivity index (χ2n) is 6.16. The molecule has 0 bridgehead atoms. The van der Waals surface area contributed by atoms with E-state index in [0.717, 1.165) is 37.7 Å². The third-order valence-corrected chi connectivity index (χ3v) is 5.73. The molecule has 3 heterocycles. The normalized spacial score (nSPS) is 26.5. The van der Waals surface area contributed by atoms with Crippen LogP contribution in [0.1, 0.15) is 43.0 Å². The summed E-state index contributed by atoms with van der Waals surface area (Å²) in [5.41, 5.74) is 0. The predicted octanol–water partition coefficient (Wildman–Crippen LogP) is 1.86. The molecule has 1 aromatic heterocycles. The first-order valence-electron chi connectivity index (χ1n) is 7.68. The zero-order valence-electron chi connectivity index (χ0n) is 11.6. The van der Waals surface area contributed by atoms with Gasteiger partial charge in [0, 0.05) is 32.1 Å². The number of carbonyl (C=O) groups excluding carboxylic acids is 1. The molecule has 1 atom stereocenters.